The van der Waals surface area contributed by atoms with Crippen LogP contribution in [0.1, 0.15) is 54.6 Å². The first-order valence-electron chi connectivity index (χ1n) is 13.8. The van der Waals surface area contributed by atoms with E-state index in [1.165, 1.54) is 12.1 Å². The number of carbonyl (C=O) groups excluding carboxylic acids is 2. The Labute approximate surface area is 233 Å². The number of piperidine rings is 1. The van der Waals surface area contributed by atoms with Crippen LogP contribution in [0, 0.1) is 18.8 Å². The molecule has 0 saturated carbocycles. The van der Waals surface area contributed by atoms with Gasteiger partial charge in [0.1, 0.15) is 0 Å². The minimum atomic E-state index is -4.42. The number of benzene rings is 3. The Kier molecular flexibility index (Phi) is 9.17. The molecular weight excluding hydrogens is 515 g/mol. The van der Waals surface area contributed by atoms with Gasteiger partial charge in [-0.1, -0.05) is 31.2 Å². The van der Waals surface area contributed by atoms with E-state index in [-0.39, 0.29) is 17.7 Å². The topological polar surface area (TPSA) is 61.4 Å². The van der Waals surface area contributed by atoms with E-state index >= 15 is 0 Å². The highest BCUT2D eigenvalue weighted by Gasteiger charge is 2.30. The Morgan fingerprint density at radius 3 is 2.23 bits per heavy atom. The van der Waals surface area contributed by atoms with Gasteiger partial charge in [-0.05, 0) is 98.2 Å². The van der Waals surface area contributed by atoms with Crippen LogP contribution in [0.25, 0.3) is 11.1 Å². The molecule has 0 unspecified atom stereocenters. The summed E-state index contributed by atoms with van der Waals surface area (Å²) in [6.45, 7) is 8.25. The zero-order valence-electron chi connectivity index (χ0n) is 23.1. The average molecular weight is 552 g/mol. The molecule has 1 aliphatic rings. The molecule has 3 aromatic rings. The van der Waals surface area contributed by atoms with Crippen molar-refractivity contribution < 1.29 is 22.8 Å². The highest BCUT2D eigenvalue weighted by atomic mass is 19.4. The highest BCUT2D eigenvalue weighted by molar-refractivity contribution is 6.09. The van der Waals surface area contributed by atoms with Gasteiger partial charge in [0, 0.05) is 42.5 Å². The first kappa shape index (κ1) is 29.2. The van der Waals surface area contributed by atoms with Crippen molar-refractivity contribution in [3.8, 4) is 11.1 Å². The summed E-state index contributed by atoms with van der Waals surface area (Å²) in [6.07, 6.45) is -1.46. The van der Waals surface area contributed by atoms with E-state index in [0.29, 0.717) is 34.8 Å². The van der Waals surface area contributed by atoms with Crippen LogP contribution in [0.5, 0.6) is 0 Å². The molecule has 1 fully saturated rings. The smallest absolute Gasteiger partial charge is 0.372 e. The molecule has 0 radical (unpaired) electrons. The molecule has 0 aliphatic carbocycles. The van der Waals surface area contributed by atoms with Crippen molar-refractivity contribution in [1.29, 1.82) is 0 Å². The van der Waals surface area contributed by atoms with Crippen LogP contribution in [-0.4, -0.2) is 31.4 Å². The van der Waals surface area contributed by atoms with Gasteiger partial charge in [0.25, 0.3) is 5.91 Å². The van der Waals surface area contributed by atoms with E-state index in [9.17, 15) is 22.8 Å². The lowest BCUT2D eigenvalue weighted by atomic mass is 9.87. The van der Waals surface area contributed by atoms with Crippen molar-refractivity contribution >= 4 is 23.2 Å². The van der Waals surface area contributed by atoms with E-state index in [2.05, 4.69) is 15.5 Å². The molecule has 1 heterocycles. The van der Waals surface area contributed by atoms with E-state index in [0.717, 1.165) is 55.7 Å². The lowest BCUT2D eigenvalue weighted by molar-refractivity contribution is -0.137. The SMILES string of the molecule is CCNC(=O)[C@H](C)CC1CCN(c2ccc(NC(=O)c3cccc(C)c3-c3ccc(C(F)(F)F)cc3)cc2)CC1. The molecule has 40 heavy (non-hydrogen) atoms. The van der Waals surface area contributed by atoms with Crippen LogP contribution < -0.4 is 15.5 Å². The number of alkyl halides is 3. The van der Waals surface area contributed by atoms with E-state index in [4.69, 9.17) is 0 Å². The molecule has 0 bridgehead atoms. The average Bonchev–Trinajstić information content (AvgIpc) is 2.93. The minimum absolute atomic E-state index is 0.0209. The molecule has 0 aromatic heterocycles. The predicted molar refractivity (Wildman–Crippen MR) is 153 cm³/mol. The third-order valence-corrected chi connectivity index (χ3v) is 7.61. The van der Waals surface area contributed by atoms with Crippen molar-refractivity contribution in [2.24, 2.45) is 11.8 Å². The number of amides is 2. The van der Waals surface area contributed by atoms with Gasteiger partial charge in [-0.25, -0.2) is 0 Å². The quantitative estimate of drug-likeness (QED) is 0.309. The number of hydrogen-bond donors (Lipinski definition) is 2. The van der Waals surface area contributed by atoms with Crippen molar-refractivity contribution in [2.45, 2.75) is 46.2 Å². The molecular formula is C32H36F3N3O2. The maximum atomic E-state index is 13.3. The lowest BCUT2D eigenvalue weighted by Crippen LogP contribution is -2.36. The number of hydrogen-bond acceptors (Lipinski definition) is 3. The largest absolute Gasteiger partial charge is 0.416 e. The monoisotopic (exact) mass is 551 g/mol. The van der Waals surface area contributed by atoms with E-state index in [1.807, 2.05) is 51.1 Å². The van der Waals surface area contributed by atoms with Crippen molar-refractivity contribution in [3.05, 3.63) is 83.4 Å². The zero-order chi connectivity index (χ0) is 28.9. The second-order valence-corrected chi connectivity index (χ2v) is 10.5. The van der Waals surface area contributed by atoms with Crippen LogP contribution in [0.4, 0.5) is 24.5 Å². The Morgan fingerprint density at radius 2 is 1.62 bits per heavy atom. The van der Waals surface area contributed by atoms with Gasteiger partial charge in [-0.15, -0.1) is 0 Å². The number of nitrogens with one attached hydrogen (secondary N) is 2. The van der Waals surface area contributed by atoms with Gasteiger partial charge in [0.2, 0.25) is 5.91 Å². The van der Waals surface area contributed by atoms with E-state index < -0.39 is 11.7 Å². The summed E-state index contributed by atoms with van der Waals surface area (Å²) in [5.41, 5.74) is 3.34. The fraction of sp³-hybridized carbons (Fsp3) is 0.375. The Balaban J connectivity index is 1.39. The van der Waals surface area contributed by atoms with E-state index in [1.54, 1.807) is 12.1 Å². The zero-order valence-corrected chi connectivity index (χ0v) is 23.1. The second kappa shape index (κ2) is 12.6. The molecule has 1 aliphatic heterocycles. The number of aryl methyl sites for hydroxylation is 1. The molecule has 0 spiro atoms. The van der Waals surface area contributed by atoms with Crippen LogP contribution in [0.15, 0.2) is 66.7 Å². The number of carbonyl (C=O) groups is 2. The predicted octanol–water partition coefficient (Wildman–Crippen LogP) is 7.31. The molecule has 5 nitrogen and oxygen atoms in total. The summed E-state index contributed by atoms with van der Waals surface area (Å²) in [4.78, 5) is 27.6. The van der Waals surface area contributed by atoms with Crippen LogP contribution >= 0.6 is 0 Å². The summed E-state index contributed by atoms with van der Waals surface area (Å²) in [5.74, 6) is 0.348. The fourth-order valence-electron chi connectivity index (χ4n) is 5.40. The van der Waals surface area contributed by atoms with Crippen molar-refractivity contribution in [2.75, 3.05) is 29.9 Å². The molecule has 2 N–H and O–H groups in total. The first-order chi connectivity index (χ1) is 19.1. The Morgan fingerprint density at radius 1 is 0.975 bits per heavy atom. The summed E-state index contributed by atoms with van der Waals surface area (Å²) < 4.78 is 39.1. The summed E-state index contributed by atoms with van der Waals surface area (Å²) in [6, 6.07) is 17.9. The van der Waals surface area contributed by atoms with Gasteiger partial charge >= 0.3 is 6.18 Å². The molecule has 1 saturated heterocycles. The molecule has 4 rings (SSSR count). The fourth-order valence-corrected chi connectivity index (χ4v) is 5.40. The summed E-state index contributed by atoms with van der Waals surface area (Å²) >= 11 is 0. The molecule has 212 valence electrons. The number of halogens is 3. The van der Waals surface area contributed by atoms with Crippen molar-refractivity contribution in [3.63, 3.8) is 0 Å². The lowest BCUT2D eigenvalue weighted by Gasteiger charge is -2.34. The molecule has 3 aromatic carbocycles. The third-order valence-electron chi connectivity index (χ3n) is 7.61. The molecule has 8 heteroatoms. The highest BCUT2D eigenvalue weighted by Crippen LogP contribution is 2.34. The van der Waals surface area contributed by atoms with Crippen LogP contribution in [-0.2, 0) is 11.0 Å². The van der Waals surface area contributed by atoms with Crippen molar-refractivity contribution in [1.82, 2.24) is 5.32 Å². The number of nitrogens with zero attached hydrogens (tertiary/aromatic N) is 1. The van der Waals surface area contributed by atoms with Gasteiger partial charge in [-0.3, -0.25) is 9.59 Å². The molecule has 1 atom stereocenters. The van der Waals surface area contributed by atoms with Gasteiger partial charge < -0.3 is 15.5 Å². The summed E-state index contributed by atoms with van der Waals surface area (Å²) in [7, 11) is 0. The Bertz CT molecular complexity index is 1310. The maximum absolute atomic E-state index is 13.3. The van der Waals surface area contributed by atoms with Gasteiger partial charge in [0.15, 0.2) is 0 Å². The van der Waals surface area contributed by atoms with Crippen LogP contribution in [0.3, 0.4) is 0 Å². The van der Waals surface area contributed by atoms with Gasteiger partial charge in [-0.2, -0.15) is 13.2 Å². The number of anilines is 2. The number of rotatable bonds is 8. The minimum Gasteiger partial charge on any atom is -0.372 e. The Hall–Kier alpha value is -3.81. The van der Waals surface area contributed by atoms with Crippen LogP contribution in [0.2, 0.25) is 0 Å². The normalized spacial score (nSPS) is 15.0. The molecule has 2 amide bonds. The maximum Gasteiger partial charge on any atom is 0.416 e. The first-order valence-corrected chi connectivity index (χ1v) is 13.8. The third kappa shape index (κ3) is 7.03. The standard InChI is InChI=1S/C32H36F3N3O2/c1-4-36-30(39)22(3)20-23-16-18-38(19-17-23)27-14-12-26(13-15-27)37-31(40)28-7-5-6-21(2)29(28)24-8-10-25(11-9-24)32(33,34)35/h5-15,22-23H,4,16-20H2,1-3H3,(H,36,39)(H,37,40)/t22-/m1/s1. The summed E-state index contributed by atoms with van der Waals surface area (Å²) in [5, 5.41) is 5.84. The van der Waals surface area contributed by atoms with Gasteiger partial charge in [0.05, 0.1) is 5.56 Å². The second-order valence-electron chi connectivity index (χ2n) is 10.5.